The lowest BCUT2D eigenvalue weighted by molar-refractivity contribution is 0.0975. The molecule has 0 saturated carbocycles. The number of furan rings is 1. The number of anilines is 1. The molecule has 0 unspecified atom stereocenters. The molecule has 0 bridgehead atoms. The smallest absolute Gasteiger partial charge is 0.261 e. The number of carbonyl (C=O) groups is 1. The maximum atomic E-state index is 12.8. The van der Waals surface area contributed by atoms with E-state index in [1.807, 2.05) is 0 Å². The van der Waals surface area contributed by atoms with Gasteiger partial charge in [0.25, 0.3) is 5.91 Å². The minimum absolute atomic E-state index is 0.206. The van der Waals surface area contributed by atoms with Gasteiger partial charge in [0.2, 0.25) is 0 Å². The molecule has 0 saturated heterocycles. The predicted octanol–water partition coefficient (Wildman–Crippen LogP) is 2.05. The van der Waals surface area contributed by atoms with Gasteiger partial charge in [0, 0.05) is 25.4 Å². The number of benzene rings is 1. The van der Waals surface area contributed by atoms with Crippen molar-refractivity contribution in [3.63, 3.8) is 0 Å². The van der Waals surface area contributed by atoms with E-state index in [1.54, 1.807) is 50.5 Å². The zero-order valence-corrected chi connectivity index (χ0v) is 14.1. The number of nitrogens with zero attached hydrogens (tertiary/aromatic N) is 1. The van der Waals surface area contributed by atoms with Crippen LogP contribution in [0.2, 0.25) is 0 Å². The summed E-state index contributed by atoms with van der Waals surface area (Å²) in [5, 5.41) is 0. The minimum atomic E-state index is -0.206. The van der Waals surface area contributed by atoms with E-state index in [9.17, 15) is 4.79 Å². The average molecular weight is 334 g/mol. The second kappa shape index (κ2) is 8.37. The molecule has 1 aromatic carbocycles. The fourth-order valence-corrected chi connectivity index (χ4v) is 2.28. The van der Waals surface area contributed by atoms with Crippen molar-refractivity contribution in [2.45, 2.75) is 6.54 Å². The van der Waals surface area contributed by atoms with Gasteiger partial charge < -0.3 is 29.3 Å². The Hall–Kier alpha value is -2.51. The molecule has 0 aliphatic rings. The lowest BCUT2D eigenvalue weighted by atomic mass is 10.2. The fraction of sp³-hybridized carbons (Fsp3) is 0.353. The standard InChI is InChI=1S/C17H22N2O5/c1-21-7-6-19(17(20)12-8-14(10-18)24-11-12)13-4-5-15(22-2)16(9-13)23-3/h4-5,8-9,11H,6-7,10,18H2,1-3H3. The molecule has 2 rings (SSSR count). The van der Waals surface area contributed by atoms with Crippen LogP contribution in [-0.4, -0.2) is 40.4 Å². The third-order valence-electron chi connectivity index (χ3n) is 3.54. The van der Waals surface area contributed by atoms with E-state index in [1.165, 1.54) is 6.26 Å². The van der Waals surface area contributed by atoms with Crippen molar-refractivity contribution in [3.05, 3.63) is 41.9 Å². The van der Waals surface area contributed by atoms with E-state index in [-0.39, 0.29) is 12.5 Å². The van der Waals surface area contributed by atoms with Gasteiger partial charge in [0.05, 0.1) is 32.9 Å². The SMILES string of the molecule is COCCN(C(=O)c1coc(CN)c1)c1ccc(OC)c(OC)c1. The van der Waals surface area contributed by atoms with E-state index >= 15 is 0 Å². The number of hydrogen-bond donors (Lipinski definition) is 1. The number of ether oxygens (including phenoxy) is 3. The van der Waals surface area contributed by atoms with Crippen LogP contribution in [0.5, 0.6) is 11.5 Å². The number of amides is 1. The Morgan fingerprint density at radius 3 is 2.50 bits per heavy atom. The topological polar surface area (TPSA) is 87.2 Å². The Labute approximate surface area is 140 Å². The van der Waals surface area contributed by atoms with Crippen molar-refractivity contribution in [1.29, 1.82) is 0 Å². The largest absolute Gasteiger partial charge is 0.493 e. The van der Waals surface area contributed by atoms with E-state index in [0.717, 1.165) is 0 Å². The highest BCUT2D eigenvalue weighted by atomic mass is 16.5. The molecule has 0 atom stereocenters. The van der Waals surface area contributed by atoms with Gasteiger partial charge in [0.15, 0.2) is 11.5 Å². The molecule has 7 nitrogen and oxygen atoms in total. The Morgan fingerprint density at radius 2 is 1.92 bits per heavy atom. The maximum Gasteiger partial charge on any atom is 0.261 e. The maximum absolute atomic E-state index is 12.8. The van der Waals surface area contributed by atoms with Crippen molar-refractivity contribution in [3.8, 4) is 11.5 Å². The number of carbonyl (C=O) groups excluding carboxylic acids is 1. The van der Waals surface area contributed by atoms with E-state index in [4.69, 9.17) is 24.4 Å². The molecule has 2 aromatic rings. The zero-order chi connectivity index (χ0) is 17.5. The lowest BCUT2D eigenvalue weighted by Crippen LogP contribution is -2.33. The summed E-state index contributed by atoms with van der Waals surface area (Å²) >= 11 is 0. The summed E-state index contributed by atoms with van der Waals surface area (Å²) < 4.78 is 20.9. The van der Waals surface area contributed by atoms with Crippen LogP contribution in [0, 0.1) is 0 Å². The number of rotatable bonds is 8. The first-order chi connectivity index (χ1) is 11.6. The summed E-state index contributed by atoms with van der Waals surface area (Å²) in [5.74, 6) is 1.48. The molecule has 0 fully saturated rings. The molecule has 1 heterocycles. The molecule has 1 amide bonds. The van der Waals surface area contributed by atoms with Gasteiger partial charge >= 0.3 is 0 Å². The van der Waals surface area contributed by atoms with Crippen LogP contribution >= 0.6 is 0 Å². The summed E-state index contributed by atoms with van der Waals surface area (Å²) in [4.78, 5) is 14.4. The molecule has 24 heavy (non-hydrogen) atoms. The second-order valence-corrected chi connectivity index (χ2v) is 4.99. The molecule has 2 N–H and O–H groups in total. The molecule has 0 aliphatic carbocycles. The zero-order valence-electron chi connectivity index (χ0n) is 14.1. The quantitative estimate of drug-likeness (QED) is 0.795. The van der Waals surface area contributed by atoms with Gasteiger partial charge in [-0.15, -0.1) is 0 Å². The first-order valence-electron chi connectivity index (χ1n) is 7.44. The van der Waals surface area contributed by atoms with Crippen molar-refractivity contribution >= 4 is 11.6 Å². The van der Waals surface area contributed by atoms with Crippen molar-refractivity contribution in [2.24, 2.45) is 5.73 Å². The van der Waals surface area contributed by atoms with Gasteiger partial charge in [-0.25, -0.2) is 0 Å². The summed E-state index contributed by atoms with van der Waals surface area (Å²) in [6.45, 7) is 1.01. The van der Waals surface area contributed by atoms with Gasteiger partial charge in [-0.3, -0.25) is 4.79 Å². The molecular formula is C17H22N2O5. The molecule has 1 aromatic heterocycles. The Balaban J connectivity index is 2.35. The first kappa shape index (κ1) is 17.8. The Bertz CT molecular complexity index is 683. The summed E-state index contributed by atoms with van der Waals surface area (Å²) in [6, 6.07) is 6.93. The normalized spacial score (nSPS) is 10.5. The van der Waals surface area contributed by atoms with Gasteiger partial charge in [-0.05, 0) is 18.2 Å². The van der Waals surface area contributed by atoms with E-state index in [0.29, 0.717) is 41.7 Å². The summed E-state index contributed by atoms with van der Waals surface area (Å²) in [5.41, 5.74) is 6.63. The van der Waals surface area contributed by atoms with Crippen LogP contribution in [0.15, 0.2) is 34.9 Å². The monoisotopic (exact) mass is 334 g/mol. The fourth-order valence-electron chi connectivity index (χ4n) is 2.28. The van der Waals surface area contributed by atoms with Crippen LogP contribution < -0.4 is 20.1 Å². The number of nitrogens with two attached hydrogens (primary N) is 1. The van der Waals surface area contributed by atoms with Crippen molar-refractivity contribution in [1.82, 2.24) is 0 Å². The van der Waals surface area contributed by atoms with Crippen LogP contribution in [0.25, 0.3) is 0 Å². The first-order valence-corrected chi connectivity index (χ1v) is 7.44. The van der Waals surface area contributed by atoms with E-state index in [2.05, 4.69) is 0 Å². The third kappa shape index (κ3) is 3.87. The molecular weight excluding hydrogens is 312 g/mol. The van der Waals surface area contributed by atoms with E-state index < -0.39 is 0 Å². The molecule has 130 valence electrons. The number of methoxy groups -OCH3 is 3. The minimum Gasteiger partial charge on any atom is -0.493 e. The van der Waals surface area contributed by atoms with Crippen molar-refractivity contribution < 1.29 is 23.4 Å². The Kier molecular flexibility index (Phi) is 6.22. The molecule has 0 aliphatic heterocycles. The van der Waals surface area contributed by atoms with Gasteiger partial charge in [0.1, 0.15) is 12.0 Å². The average Bonchev–Trinajstić information content (AvgIpc) is 3.10. The third-order valence-corrected chi connectivity index (χ3v) is 3.54. The van der Waals surface area contributed by atoms with Crippen LogP contribution in [0.3, 0.4) is 0 Å². The second-order valence-electron chi connectivity index (χ2n) is 4.99. The van der Waals surface area contributed by atoms with Crippen LogP contribution in [0.4, 0.5) is 5.69 Å². The number of hydrogen-bond acceptors (Lipinski definition) is 6. The highest BCUT2D eigenvalue weighted by Crippen LogP contribution is 2.32. The lowest BCUT2D eigenvalue weighted by Gasteiger charge is -2.23. The highest BCUT2D eigenvalue weighted by Gasteiger charge is 2.21. The van der Waals surface area contributed by atoms with Gasteiger partial charge in [-0.2, -0.15) is 0 Å². The molecule has 0 radical (unpaired) electrons. The Morgan fingerprint density at radius 1 is 1.17 bits per heavy atom. The predicted molar refractivity (Wildman–Crippen MR) is 89.7 cm³/mol. The molecule has 7 heteroatoms. The highest BCUT2D eigenvalue weighted by molar-refractivity contribution is 6.06. The summed E-state index contributed by atoms with van der Waals surface area (Å²) in [6.07, 6.45) is 1.41. The van der Waals surface area contributed by atoms with Gasteiger partial charge in [-0.1, -0.05) is 0 Å². The summed E-state index contributed by atoms with van der Waals surface area (Å²) in [7, 11) is 4.69. The van der Waals surface area contributed by atoms with Crippen molar-refractivity contribution in [2.75, 3.05) is 39.4 Å². The van der Waals surface area contributed by atoms with Crippen LogP contribution in [-0.2, 0) is 11.3 Å². The molecule has 0 spiro atoms. The van der Waals surface area contributed by atoms with Crippen LogP contribution in [0.1, 0.15) is 16.1 Å².